The molecule has 0 nitrogen and oxygen atoms in total. The minimum absolute atomic E-state index is 1.06. The summed E-state index contributed by atoms with van der Waals surface area (Å²) in [5, 5.41) is 0. The third kappa shape index (κ3) is 2.53. The molecule has 0 heterocycles. The van der Waals surface area contributed by atoms with Crippen molar-refractivity contribution < 1.29 is 0 Å². The first-order chi connectivity index (χ1) is 8.61. The quantitative estimate of drug-likeness (QED) is 0.682. The largest absolute Gasteiger partial charge is 0.0955 e. The zero-order chi connectivity index (χ0) is 13.1. The highest BCUT2D eigenvalue weighted by molar-refractivity contribution is 5.73. The molecule has 0 aliphatic carbocycles. The van der Waals surface area contributed by atoms with Gasteiger partial charge in [-0.05, 0) is 48.6 Å². The Labute approximate surface area is 110 Å². The van der Waals surface area contributed by atoms with E-state index in [1.165, 1.54) is 27.8 Å². The van der Waals surface area contributed by atoms with E-state index < -0.39 is 0 Å². The first-order valence-corrected chi connectivity index (χ1v) is 6.47. The molecule has 0 atom stereocenters. The molecule has 2 rings (SSSR count). The Kier molecular flexibility index (Phi) is 3.66. The number of aryl methyl sites for hydroxylation is 2. The monoisotopic (exact) mass is 236 g/mol. The van der Waals surface area contributed by atoms with Crippen LogP contribution in [0.2, 0.25) is 0 Å². The van der Waals surface area contributed by atoms with Gasteiger partial charge in [-0.15, -0.1) is 0 Å². The van der Waals surface area contributed by atoms with E-state index >= 15 is 0 Å². The van der Waals surface area contributed by atoms with E-state index in [1.54, 1.807) is 0 Å². The zero-order valence-corrected chi connectivity index (χ0v) is 11.5. The Morgan fingerprint density at radius 2 is 1.72 bits per heavy atom. The van der Waals surface area contributed by atoms with Crippen molar-refractivity contribution in [3.05, 3.63) is 65.7 Å². The smallest absolute Gasteiger partial charge is 0.0146 e. The van der Waals surface area contributed by atoms with Gasteiger partial charge in [-0.2, -0.15) is 0 Å². The summed E-state index contributed by atoms with van der Waals surface area (Å²) in [7, 11) is 0. The topological polar surface area (TPSA) is 0 Å². The predicted octanol–water partition coefficient (Wildman–Crippen LogP) is 5.26. The van der Waals surface area contributed by atoms with Crippen LogP contribution in [0.15, 0.2) is 49.0 Å². The van der Waals surface area contributed by atoms with Gasteiger partial charge in [0.2, 0.25) is 0 Å². The molecule has 0 radical (unpaired) electrons. The lowest BCUT2D eigenvalue weighted by atomic mass is 9.94. The van der Waals surface area contributed by atoms with E-state index in [0.29, 0.717) is 0 Å². The van der Waals surface area contributed by atoms with Crippen molar-refractivity contribution in [1.82, 2.24) is 0 Å². The molecule has 0 fully saturated rings. The molecule has 0 saturated carbocycles. The molecular weight excluding hydrogens is 216 g/mol. The Morgan fingerprint density at radius 3 is 2.28 bits per heavy atom. The lowest BCUT2D eigenvalue weighted by Crippen LogP contribution is -1.90. The summed E-state index contributed by atoms with van der Waals surface area (Å²) < 4.78 is 0. The van der Waals surface area contributed by atoms with Gasteiger partial charge in [-0.3, -0.25) is 0 Å². The van der Waals surface area contributed by atoms with Crippen molar-refractivity contribution in [2.24, 2.45) is 0 Å². The number of hydrogen-bond donors (Lipinski definition) is 0. The molecule has 0 N–H and O–H groups in total. The van der Waals surface area contributed by atoms with Gasteiger partial charge >= 0.3 is 0 Å². The van der Waals surface area contributed by atoms with Crippen LogP contribution >= 0.6 is 0 Å². The second-order valence-corrected chi connectivity index (χ2v) is 4.87. The van der Waals surface area contributed by atoms with Crippen molar-refractivity contribution in [3.63, 3.8) is 0 Å². The van der Waals surface area contributed by atoms with Gasteiger partial charge in [0.05, 0.1) is 0 Å². The van der Waals surface area contributed by atoms with Crippen LogP contribution in [0.4, 0.5) is 0 Å². The first kappa shape index (κ1) is 12.6. The summed E-state index contributed by atoms with van der Waals surface area (Å²) in [6, 6.07) is 15.4. The number of benzene rings is 2. The highest BCUT2D eigenvalue weighted by Gasteiger charge is 2.05. The Balaban J connectivity index is 2.56. The molecule has 92 valence electrons. The van der Waals surface area contributed by atoms with Crippen LogP contribution in [0.3, 0.4) is 0 Å². The maximum Gasteiger partial charge on any atom is -0.0146 e. The van der Waals surface area contributed by atoms with E-state index in [4.69, 9.17) is 0 Å². The van der Waals surface area contributed by atoms with E-state index in [0.717, 1.165) is 12.0 Å². The highest BCUT2D eigenvalue weighted by atomic mass is 14.1. The van der Waals surface area contributed by atoms with Gasteiger partial charge in [0.15, 0.2) is 0 Å². The van der Waals surface area contributed by atoms with Crippen molar-refractivity contribution >= 4 is 5.57 Å². The Hall–Kier alpha value is -1.82. The van der Waals surface area contributed by atoms with Crippen molar-refractivity contribution in [2.75, 3.05) is 0 Å². The lowest BCUT2D eigenvalue weighted by Gasteiger charge is -2.11. The molecule has 0 aliphatic rings. The van der Waals surface area contributed by atoms with E-state index in [2.05, 4.69) is 69.8 Å². The van der Waals surface area contributed by atoms with Crippen molar-refractivity contribution in [2.45, 2.75) is 27.2 Å². The number of rotatable bonds is 3. The molecule has 0 heteroatoms. The Morgan fingerprint density at radius 1 is 1.06 bits per heavy atom. The molecule has 0 spiro atoms. The predicted molar refractivity (Wildman–Crippen MR) is 80.7 cm³/mol. The molecule has 0 bridgehead atoms. The summed E-state index contributed by atoms with van der Waals surface area (Å²) in [6.07, 6.45) is 1.06. The van der Waals surface area contributed by atoms with Gasteiger partial charge < -0.3 is 0 Å². The molecule has 0 amide bonds. The lowest BCUT2D eigenvalue weighted by molar-refractivity contribution is 1.14. The molecule has 18 heavy (non-hydrogen) atoms. The normalized spacial score (nSPS) is 10.4. The van der Waals surface area contributed by atoms with Crippen LogP contribution in [0.1, 0.15) is 30.5 Å². The molecule has 0 aromatic heterocycles. The molecule has 0 aliphatic heterocycles. The molecule has 2 aromatic carbocycles. The molecule has 0 saturated heterocycles. The highest BCUT2D eigenvalue weighted by Crippen LogP contribution is 2.28. The summed E-state index contributed by atoms with van der Waals surface area (Å²) in [5.41, 5.74) is 7.66. The van der Waals surface area contributed by atoms with Crippen LogP contribution in [-0.4, -0.2) is 0 Å². The summed E-state index contributed by atoms with van der Waals surface area (Å²) in [4.78, 5) is 0. The second kappa shape index (κ2) is 5.22. The fraction of sp³-hybridized carbons (Fsp3) is 0.222. The minimum atomic E-state index is 1.06. The van der Waals surface area contributed by atoms with Crippen molar-refractivity contribution in [1.29, 1.82) is 0 Å². The maximum atomic E-state index is 4.03. The van der Waals surface area contributed by atoms with Crippen LogP contribution in [0.5, 0.6) is 0 Å². The second-order valence-electron chi connectivity index (χ2n) is 4.87. The Bertz CT molecular complexity index is 559. The SMILES string of the molecule is C=C(C)c1ccc(CC)c(-c2ccc(C)cc2)c1. The van der Waals surface area contributed by atoms with Crippen LogP contribution in [-0.2, 0) is 6.42 Å². The first-order valence-electron chi connectivity index (χ1n) is 6.47. The van der Waals surface area contributed by atoms with Crippen LogP contribution < -0.4 is 0 Å². The summed E-state index contributed by atoms with van der Waals surface area (Å²) in [5.74, 6) is 0. The van der Waals surface area contributed by atoms with E-state index in [9.17, 15) is 0 Å². The van der Waals surface area contributed by atoms with Gasteiger partial charge in [0, 0.05) is 0 Å². The molecule has 0 unspecified atom stereocenters. The molecular formula is C18H20. The number of allylic oxidation sites excluding steroid dienone is 1. The maximum absolute atomic E-state index is 4.03. The van der Waals surface area contributed by atoms with Crippen LogP contribution in [0.25, 0.3) is 16.7 Å². The summed E-state index contributed by atoms with van der Waals surface area (Å²) >= 11 is 0. The standard InChI is InChI=1S/C18H20/c1-5-15-10-11-17(13(2)3)12-18(15)16-8-6-14(4)7-9-16/h6-12H,2,5H2,1,3-4H3. The summed E-state index contributed by atoms with van der Waals surface area (Å²) in [6.45, 7) is 10.4. The average Bonchev–Trinajstić information content (AvgIpc) is 2.39. The fourth-order valence-electron chi connectivity index (χ4n) is 2.15. The third-order valence-electron chi connectivity index (χ3n) is 3.35. The molecule has 2 aromatic rings. The van der Waals surface area contributed by atoms with Gasteiger partial charge in [-0.25, -0.2) is 0 Å². The van der Waals surface area contributed by atoms with Crippen molar-refractivity contribution in [3.8, 4) is 11.1 Å². The zero-order valence-electron chi connectivity index (χ0n) is 11.5. The van der Waals surface area contributed by atoms with Gasteiger partial charge in [0.1, 0.15) is 0 Å². The minimum Gasteiger partial charge on any atom is -0.0955 e. The number of hydrogen-bond acceptors (Lipinski definition) is 0. The fourth-order valence-corrected chi connectivity index (χ4v) is 2.15. The van der Waals surface area contributed by atoms with E-state index in [-0.39, 0.29) is 0 Å². The van der Waals surface area contributed by atoms with Crippen LogP contribution in [0, 0.1) is 6.92 Å². The van der Waals surface area contributed by atoms with E-state index in [1.807, 2.05) is 0 Å². The van der Waals surface area contributed by atoms with Gasteiger partial charge in [-0.1, -0.05) is 61.0 Å². The average molecular weight is 236 g/mol. The third-order valence-corrected chi connectivity index (χ3v) is 3.35. The van der Waals surface area contributed by atoms with Gasteiger partial charge in [0.25, 0.3) is 0 Å².